The summed E-state index contributed by atoms with van der Waals surface area (Å²) in [5.41, 5.74) is 0. The molecule has 0 aliphatic heterocycles. The number of hydrogen-bond donors (Lipinski definition) is 0. The Balaban J connectivity index is 2.05. The molecule has 1 fully saturated rings. The number of nitrogens with zero attached hydrogens (tertiary/aromatic N) is 1. The summed E-state index contributed by atoms with van der Waals surface area (Å²) in [7, 11) is 0. The van der Waals surface area contributed by atoms with Crippen molar-refractivity contribution in [2.45, 2.75) is 12.8 Å². The first kappa shape index (κ1) is 3.67. The van der Waals surface area contributed by atoms with E-state index in [-0.39, 0.29) is 0 Å². The van der Waals surface area contributed by atoms with Crippen LogP contribution in [-0.4, -0.2) is 0 Å². The van der Waals surface area contributed by atoms with Crippen LogP contribution < -0.4 is 0 Å². The third kappa shape index (κ3) is 0.718. The maximum atomic E-state index is 7.97. The molecule has 0 spiro atoms. The van der Waals surface area contributed by atoms with E-state index in [0.29, 0.717) is 5.92 Å². The molecule has 0 unspecified atom stereocenters. The van der Waals surface area contributed by atoms with E-state index in [1.165, 1.54) is 12.8 Å². The third-order valence-corrected chi connectivity index (χ3v) is 0.932. The van der Waals surface area contributed by atoms with Crippen molar-refractivity contribution in [3.05, 3.63) is 6.42 Å². The molecule has 0 N–H and O–H groups in total. The summed E-state index contributed by atoms with van der Waals surface area (Å²) in [6.07, 6.45) is 4.20. The van der Waals surface area contributed by atoms with Crippen LogP contribution in [0.2, 0.25) is 0 Å². The van der Waals surface area contributed by atoms with Crippen LogP contribution in [0.3, 0.4) is 0 Å². The number of rotatable bonds is 1. The Hall–Kier alpha value is -0.510. The number of hydrogen-bond acceptors (Lipinski definition) is 1. The normalized spacial score (nSPS) is 19.8. The molecular formula is C5H6N. The average molecular weight is 80.1 g/mol. The highest BCUT2D eigenvalue weighted by atomic mass is 14.3. The van der Waals surface area contributed by atoms with Gasteiger partial charge in [0.05, 0.1) is 12.5 Å². The van der Waals surface area contributed by atoms with Crippen LogP contribution in [0.25, 0.3) is 0 Å². The molecule has 0 atom stereocenters. The van der Waals surface area contributed by atoms with Crippen LogP contribution in [0.4, 0.5) is 0 Å². The van der Waals surface area contributed by atoms with E-state index in [9.17, 15) is 0 Å². The molecule has 1 radical (unpaired) electrons. The van der Waals surface area contributed by atoms with E-state index in [2.05, 4.69) is 0 Å². The SMILES string of the molecule is N#C[CH]C1CC1. The van der Waals surface area contributed by atoms with E-state index in [0.717, 1.165) is 0 Å². The minimum absolute atomic E-state index is 0.662. The van der Waals surface area contributed by atoms with Crippen molar-refractivity contribution in [1.82, 2.24) is 0 Å². The van der Waals surface area contributed by atoms with Gasteiger partial charge in [0.15, 0.2) is 0 Å². The lowest BCUT2D eigenvalue weighted by Gasteiger charge is -1.69. The van der Waals surface area contributed by atoms with E-state index in [1.54, 1.807) is 6.42 Å². The van der Waals surface area contributed by atoms with Gasteiger partial charge in [-0.15, -0.1) is 0 Å². The van der Waals surface area contributed by atoms with Crippen molar-refractivity contribution in [1.29, 1.82) is 5.26 Å². The summed E-state index contributed by atoms with van der Waals surface area (Å²) in [5.74, 6) is 0.662. The van der Waals surface area contributed by atoms with Gasteiger partial charge >= 0.3 is 0 Å². The van der Waals surface area contributed by atoms with Crippen LogP contribution in [0, 0.1) is 23.7 Å². The lowest BCUT2D eigenvalue weighted by Crippen LogP contribution is -1.66. The van der Waals surface area contributed by atoms with Gasteiger partial charge in [0.2, 0.25) is 0 Å². The summed E-state index contributed by atoms with van der Waals surface area (Å²) in [6, 6.07) is 2.00. The van der Waals surface area contributed by atoms with Crippen molar-refractivity contribution in [3.63, 3.8) is 0 Å². The zero-order valence-electron chi connectivity index (χ0n) is 3.52. The minimum Gasteiger partial charge on any atom is -0.198 e. The van der Waals surface area contributed by atoms with E-state index < -0.39 is 0 Å². The monoisotopic (exact) mass is 80.1 g/mol. The molecule has 0 amide bonds. The average Bonchev–Trinajstić information content (AvgIpc) is 2.21. The van der Waals surface area contributed by atoms with E-state index in [1.807, 2.05) is 6.07 Å². The van der Waals surface area contributed by atoms with Gasteiger partial charge in [-0.1, -0.05) is 0 Å². The third-order valence-electron chi connectivity index (χ3n) is 0.932. The van der Waals surface area contributed by atoms with Gasteiger partial charge in [-0.25, -0.2) is 0 Å². The summed E-state index contributed by atoms with van der Waals surface area (Å²) in [5, 5.41) is 7.97. The molecule has 0 aromatic rings. The molecule has 1 saturated carbocycles. The Morgan fingerprint density at radius 3 is 2.50 bits per heavy atom. The van der Waals surface area contributed by atoms with Gasteiger partial charge < -0.3 is 0 Å². The predicted octanol–water partition coefficient (Wildman–Crippen LogP) is 1.12. The van der Waals surface area contributed by atoms with Gasteiger partial charge in [-0.05, 0) is 18.8 Å². The molecule has 1 aliphatic rings. The maximum absolute atomic E-state index is 7.97. The molecule has 0 bridgehead atoms. The van der Waals surface area contributed by atoms with Crippen LogP contribution in [0.5, 0.6) is 0 Å². The summed E-state index contributed by atoms with van der Waals surface area (Å²) < 4.78 is 0. The van der Waals surface area contributed by atoms with Crippen LogP contribution in [0.15, 0.2) is 0 Å². The Morgan fingerprint density at radius 1 is 1.67 bits per heavy atom. The topological polar surface area (TPSA) is 23.8 Å². The Bertz CT molecular complexity index is 76.4. The van der Waals surface area contributed by atoms with Gasteiger partial charge in [-0.2, -0.15) is 5.26 Å². The molecule has 1 aliphatic carbocycles. The molecule has 31 valence electrons. The second-order valence-corrected chi connectivity index (χ2v) is 1.63. The van der Waals surface area contributed by atoms with Crippen molar-refractivity contribution < 1.29 is 0 Å². The lowest BCUT2D eigenvalue weighted by atomic mass is 10.3. The van der Waals surface area contributed by atoms with Crippen molar-refractivity contribution in [2.24, 2.45) is 5.92 Å². The highest BCUT2D eigenvalue weighted by Gasteiger charge is 2.20. The van der Waals surface area contributed by atoms with Crippen molar-refractivity contribution >= 4 is 0 Å². The second-order valence-electron chi connectivity index (χ2n) is 1.63. The van der Waals surface area contributed by atoms with Crippen LogP contribution in [0.1, 0.15) is 12.8 Å². The molecule has 6 heavy (non-hydrogen) atoms. The van der Waals surface area contributed by atoms with Crippen molar-refractivity contribution in [3.8, 4) is 6.07 Å². The number of nitriles is 1. The zero-order valence-corrected chi connectivity index (χ0v) is 3.52. The molecule has 0 aromatic carbocycles. The largest absolute Gasteiger partial charge is 0.198 e. The Labute approximate surface area is 37.6 Å². The van der Waals surface area contributed by atoms with Crippen LogP contribution in [-0.2, 0) is 0 Å². The highest BCUT2D eigenvalue weighted by Crippen LogP contribution is 2.30. The highest BCUT2D eigenvalue weighted by molar-refractivity contribution is 5.02. The van der Waals surface area contributed by atoms with Gasteiger partial charge in [0.25, 0.3) is 0 Å². The fourth-order valence-corrected chi connectivity index (χ4v) is 0.368. The van der Waals surface area contributed by atoms with Crippen LogP contribution >= 0.6 is 0 Å². The first-order valence-electron chi connectivity index (χ1n) is 2.16. The molecule has 1 nitrogen and oxygen atoms in total. The summed E-state index contributed by atoms with van der Waals surface area (Å²) in [6.45, 7) is 0. The molecule has 0 saturated heterocycles. The zero-order chi connectivity index (χ0) is 4.41. The fourth-order valence-electron chi connectivity index (χ4n) is 0.368. The summed E-state index contributed by atoms with van der Waals surface area (Å²) >= 11 is 0. The predicted molar refractivity (Wildman–Crippen MR) is 22.6 cm³/mol. The molecule has 0 heterocycles. The molecule has 1 rings (SSSR count). The van der Waals surface area contributed by atoms with Gasteiger partial charge in [0, 0.05) is 0 Å². The van der Waals surface area contributed by atoms with Gasteiger partial charge in [0.1, 0.15) is 0 Å². The smallest absolute Gasteiger partial charge is 0.0672 e. The van der Waals surface area contributed by atoms with E-state index >= 15 is 0 Å². The summed E-state index contributed by atoms with van der Waals surface area (Å²) in [4.78, 5) is 0. The quantitative estimate of drug-likeness (QED) is 0.463. The lowest BCUT2D eigenvalue weighted by molar-refractivity contribution is 1.05. The molecule has 1 heteroatoms. The van der Waals surface area contributed by atoms with Gasteiger partial charge in [-0.3, -0.25) is 0 Å². The molecular weight excluding hydrogens is 74.1 g/mol. The first-order valence-corrected chi connectivity index (χ1v) is 2.16. The minimum atomic E-state index is 0.662. The Kier molecular flexibility index (Phi) is 0.795. The Morgan fingerprint density at radius 2 is 2.33 bits per heavy atom. The van der Waals surface area contributed by atoms with E-state index in [4.69, 9.17) is 5.26 Å². The first-order chi connectivity index (χ1) is 2.93. The maximum Gasteiger partial charge on any atom is 0.0672 e. The fraction of sp³-hybridized carbons (Fsp3) is 0.600. The van der Waals surface area contributed by atoms with Crippen molar-refractivity contribution in [2.75, 3.05) is 0 Å². The second kappa shape index (κ2) is 1.30. The standard InChI is InChI=1S/C5H6N/c6-4-3-5-1-2-5/h3,5H,1-2H2. The molecule has 0 aromatic heterocycles.